The average molecular weight is 241 g/mol. The zero-order valence-corrected chi connectivity index (χ0v) is 9.55. The maximum atomic E-state index is 11.9. The minimum Gasteiger partial charge on any atom is -0.448 e. The highest BCUT2D eigenvalue weighted by molar-refractivity contribution is 5.95. The van der Waals surface area contributed by atoms with Crippen LogP contribution in [0.2, 0.25) is 0 Å². The number of carbonyl (C=O) groups excluding carboxylic acids is 2. The Morgan fingerprint density at radius 3 is 2.12 bits per heavy atom. The molecule has 1 amide bonds. The number of aliphatic hydroxyl groups excluding tert-OH is 2. The number of hydrogen-bond donors (Lipinski definition) is 2. The topological polar surface area (TPSA) is 91.0 Å². The summed E-state index contributed by atoms with van der Waals surface area (Å²) in [7, 11) is 0. The molecular weight excluding hydrogens is 226 g/mol. The van der Waals surface area contributed by atoms with Gasteiger partial charge in [-0.2, -0.15) is 0 Å². The van der Waals surface area contributed by atoms with Crippen molar-refractivity contribution in [2.75, 3.05) is 26.3 Å². The van der Waals surface area contributed by atoms with E-state index in [0.29, 0.717) is 0 Å². The molecule has 0 unspecified atom stereocenters. The molecule has 1 heterocycles. The molecular formula is C11H15NO5. The van der Waals surface area contributed by atoms with Gasteiger partial charge in [-0.05, 0) is 12.1 Å². The van der Waals surface area contributed by atoms with E-state index in [2.05, 4.69) is 0 Å². The van der Waals surface area contributed by atoms with Gasteiger partial charge in [0.2, 0.25) is 0 Å². The molecule has 0 aliphatic heterocycles. The molecule has 94 valence electrons. The monoisotopic (exact) mass is 241 g/mol. The normalized spacial score (nSPS) is 10.3. The molecule has 0 aliphatic carbocycles. The predicted molar refractivity (Wildman–Crippen MR) is 58.8 cm³/mol. The van der Waals surface area contributed by atoms with Crippen molar-refractivity contribution in [1.29, 1.82) is 0 Å². The van der Waals surface area contributed by atoms with Gasteiger partial charge in [-0.3, -0.25) is 9.59 Å². The summed E-state index contributed by atoms with van der Waals surface area (Å²) < 4.78 is 5.08. The van der Waals surface area contributed by atoms with Crippen LogP contribution in [-0.4, -0.2) is 53.1 Å². The highest BCUT2D eigenvalue weighted by Gasteiger charge is 2.19. The molecule has 1 aromatic heterocycles. The van der Waals surface area contributed by atoms with Crippen molar-refractivity contribution in [1.82, 2.24) is 4.90 Å². The second-order valence-corrected chi connectivity index (χ2v) is 3.46. The first-order valence-electron chi connectivity index (χ1n) is 5.22. The molecule has 0 atom stereocenters. The number of aliphatic hydroxyl groups is 2. The molecule has 2 N–H and O–H groups in total. The fraction of sp³-hybridized carbons (Fsp3) is 0.455. The Labute approximate surface area is 98.5 Å². The Balaban J connectivity index is 2.81. The van der Waals surface area contributed by atoms with E-state index in [-0.39, 0.29) is 43.6 Å². The van der Waals surface area contributed by atoms with Gasteiger partial charge in [-0.25, -0.2) is 0 Å². The molecule has 1 aromatic rings. The number of carbonyl (C=O) groups is 2. The van der Waals surface area contributed by atoms with Crippen LogP contribution in [0.5, 0.6) is 0 Å². The van der Waals surface area contributed by atoms with E-state index in [1.807, 2.05) is 0 Å². The highest BCUT2D eigenvalue weighted by atomic mass is 16.4. The first kappa shape index (κ1) is 13.4. The molecule has 0 aromatic carbocycles. The number of furan rings is 1. The SMILES string of the molecule is CC(=O)c1ccc(C(=O)N(CCO)CCO)o1. The zero-order chi connectivity index (χ0) is 12.8. The summed E-state index contributed by atoms with van der Waals surface area (Å²) in [6.45, 7) is 1.15. The lowest BCUT2D eigenvalue weighted by atomic mass is 10.3. The van der Waals surface area contributed by atoms with Crippen LogP contribution in [-0.2, 0) is 0 Å². The Morgan fingerprint density at radius 1 is 1.18 bits per heavy atom. The number of ketones is 1. The second kappa shape index (κ2) is 6.17. The number of amides is 1. The lowest BCUT2D eigenvalue weighted by Gasteiger charge is -2.18. The summed E-state index contributed by atoms with van der Waals surface area (Å²) in [5, 5.41) is 17.6. The molecule has 6 heteroatoms. The van der Waals surface area contributed by atoms with Gasteiger partial charge in [0, 0.05) is 20.0 Å². The lowest BCUT2D eigenvalue weighted by molar-refractivity contribution is 0.0651. The number of rotatable bonds is 6. The van der Waals surface area contributed by atoms with Gasteiger partial charge in [-0.1, -0.05) is 0 Å². The van der Waals surface area contributed by atoms with Crippen LogP contribution in [0.3, 0.4) is 0 Å². The van der Waals surface area contributed by atoms with Gasteiger partial charge in [-0.15, -0.1) is 0 Å². The van der Waals surface area contributed by atoms with Gasteiger partial charge in [0.15, 0.2) is 17.3 Å². The van der Waals surface area contributed by atoms with Crippen LogP contribution in [0.15, 0.2) is 16.5 Å². The van der Waals surface area contributed by atoms with Crippen molar-refractivity contribution >= 4 is 11.7 Å². The fourth-order valence-electron chi connectivity index (χ4n) is 1.35. The number of Topliss-reactive ketones (excluding diaryl/α,β-unsaturated/α-hetero) is 1. The summed E-state index contributed by atoms with van der Waals surface area (Å²) in [6, 6.07) is 2.83. The molecule has 0 aliphatic rings. The lowest BCUT2D eigenvalue weighted by Crippen LogP contribution is -2.35. The second-order valence-electron chi connectivity index (χ2n) is 3.46. The van der Waals surface area contributed by atoms with Crippen molar-refractivity contribution in [3.05, 3.63) is 23.7 Å². The summed E-state index contributed by atoms with van der Waals surface area (Å²) in [5.74, 6) is -0.584. The Bertz CT molecular complexity index is 392. The van der Waals surface area contributed by atoms with Gasteiger partial charge >= 0.3 is 0 Å². The van der Waals surface area contributed by atoms with Crippen molar-refractivity contribution in [3.8, 4) is 0 Å². The first-order chi connectivity index (χ1) is 8.10. The molecule has 0 bridgehead atoms. The van der Waals surface area contributed by atoms with Crippen LogP contribution in [0.25, 0.3) is 0 Å². The van der Waals surface area contributed by atoms with E-state index in [1.54, 1.807) is 0 Å². The van der Waals surface area contributed by atoms with Crippen molar-refractivity contribution in [2.45, 2.75) is 6.92 Å². The summed E-state index contributed by atoms with van der Waals surface area (Å²) in [6.07, 6.45) is 0. The quantitative estimate of drug-likeness (QED) is 0.679. The zero-order valence-electron chi connectivity index (χ0n) is 9.55. The minimum absolute atomic E-state index is 0.0251. The third-order valence-corrected chi connectivity index (χ3v) is 2.19. The molecule has 0 saturated carbocycles. The Morgan fingerprint density at radius 2 is 1.71 bits per heavy atom. The Kier molecular flexibility index (Phi) is 4.86. The van der Waals surface area contributed by atoms with Gasteiger partial charge in [0.25, 0.3) is 5.91 Å². The van der Waals surface area contributed by atoms with Crippen LogP contribution in [0, 0.1) is 0 Å². The van der Waals surface area contributed by atoms with Crippen LogP contribution in [0.4, 0.5) is 0 Å². The third kappa shape index (κ3) is 3.40. The van der Waals surface area contributed by atoms with Gasteiger partial charge in [0.05, 0.1) is 13.2 Å². The van der Waals surface area contributed by atoms with Crippen molar-refractivity contribution < 1.29 is 24.2 Å². The largest absolute Gasteiger partial charge is 0.448 e. The molecule has 0 saturated heterocycles. The van der Waals surface area contributed by atoms with Gasteiger partial charge < -0.3 is 19.5 Å². The fourth-order valence-corrected chi connectivity index (χ4v) is 1.35. The first-order valence-corrected chi connectivity index (χ1v) is 5.22. The maximum Gasteiger partial charge on any atom is 0.289 e. The van der Waals surface area contributed by atoms with Gasteiger partial charge in [0.1, 0.15) is 0 Å². The highest BCUT2D eigenvalue weighted by Crippen LogP contribution is 2.11. The summed E-state index contributed by atoms with van der Waals surface area (Å²) in [4.78, 5) is 24.1. The standard InChI is InChI=1S/C11H15NO5/c1-8(15)9-2-3-10(17-9)11(16)12(4-6-13)5-7-14/h2-3,13-14H,4-7H2,1H3. The van der Waals surface area contributed by atoms with Crippen molar-refractivity contribution in [2.24, 2.45) is 0 Å². The van der Waals surface area contributed by atoms with Crippen molar-refractivity contribution in [3.63, 3.8) is 0 Å². The molecule has 0 radical (unpaired) electrons. The third-order valence-electron chi connectivity index (χ3n) is 2.19. The van der Waals surface area contributed by atoms with Crippen LogP contribution >= 0.6 is 0 Å². The van der Waals surface area contributed by atoms with E-state index < -0.39 is 5.91 Å². The molecule has 0 fully saturated rings. The van der Waals surface area contributed by atoms with E-state index in [1.165, 1.54) is 24.0 Å². The molecule has 0 spiro atoms. The van der Waals surface area contributed by atoms with Crippen LogP contribution in [0.1, 0.15) is 28.0 Å². The summed E-state index contributed by atoms with van der Waals surface area (Å²) in [5.41, 5.74) is 0. The Hall–Kier alpha value is -1.66. The molecule has 1 rings (SSSR count). The van der Waals surface area contributed by atoms with E-state index >= 15 is 0 Å². The number of hydrogen-bond acceptors (Lipinski definition) is 5. The maximum absolute atomic E-state index is 11.9. The van der Waals surface area contributed by atoms with E-state index in [0.717, 1.165) is 0 Å². The summed E-state index contributed by atoms with van der Waals surface area (Å²) >= 11 is 0. The van der Waals surface area contributed by atoms with Crippen LogP contribution < -0.4 is 0 Å². The predicted octanol–water partition coefficient (Wildman–Crippen LogP) is -0.0910. The molecule has 6 nitrogen and oxygen atoms in total. The van der Waals surface area contributed by atoms with E-state index in [4.69, 9.17) is 14.6 Å². The number of nitrogens with zero attached hydrogens (tertiary/aromatic N) is 1. The smallest absolute Gasteiger partial charge is 0.289 e. The minimum atomic E-state index is -0.458. The van der Waals surface area contributed by atoms with E-state index in [9.17, 15) is 9.59 Å². The molecule has 17 heavy (non-hydrogen) atoms. The average Bonchev–Trinajstić information content (AvgIpc) is 2.77.